The van der Waals surface area contributed by atoms with E-state index in [1.807, 2.05) is 18.2 Å². The van der Waals surface area contributed by atoms with Gasteiger partial charge in [-0.3, -0.25) is 4.79 Å². The Hall–Kier alpha value is -1.55. The highest BCUT2D eigenvalue weighted by Crippen LogP contribution is 2.32. The van der Waals surface area contributed by atoms with E-state index in [1.54, 1.807) is 0 Å². The topological polar surface area (TPSA) is 43.8 Å². The summed E-state index contributed by atoms with van der Waals surface area (Å²) in [5.74, 6) is -0.739. The molecule has 0 spiro atoms. The molecule has 1 unspecified atom stereocenters. The summed E-state index contributed by atoms with van der Waals surface area (Å²) >= 11 is 0. The highest BCUT2D eigenvalue weighted by Gasteiger charge is 2.39. The number of carbonyl (C=O) groups is 1. The normalized spacial score (nSPS) is 23.3. The lowest BCUT2D eigenvalue weighted by atomic mass is 9.92. The molecule has 0 aromatic heterocycles. The summed E-state index contributed by atoms with van der Waals surface area (Å²) in [6.07, 6.45) is 0.169. The maximum absolute atomic E-state index is 11.1. The highest BCUT2D eigenvalue weighted by atomic mass is 16.4. The smallest absolute Gasteiger partial charge is 0.305 e. The Morgan fingerprint density at radius 2 is 2.00 bits per heavy atom. The number of nitrogens with zero attached hydrogens (tertiary/aromatic N) is 2. The second-order valence-electron chi connectivity index (χ2n) is 5.97. The van der Waals surface area contributed by atoms with Crippen molar-refractivity contribution >= 4 is 11.7 Å². The number of aliphatic carboxylic acids is 1. The van der Waals surface area contributed by atoms with Gasteiger partial charge in [0.1, 0.15) is 0 Å². The molecule has 0 radical (unpaired) electrons. The van der Waals surface area contributed by atoms with Crippen molar-refractivity contribution in [3.8, 4) is 0 Å². The largest absolute Gasteiger partial charge is 0.481 e. The first-order chi connectivity index (χ1) is 8.90. The Morgan fingerprint density at radius 3 is 2.58 bits per heavy atom. The average molecular weight is 262 g/mol. The SMILES string of the molecule is CN1CC(CC(=O)O)N(c2ccccc2)C(C)(C)C1. The van der Waals surface area contributed by atoms with E-state index in [2.05, 4.69) is 42.8 Å². The molecule has 2 rings (SSSR count). The fourth-order valence-corrected chi connectivity index (χ4v) is 3.24. The van der Waals surface area contributed by atoms with Crippen LogP contribution in [0.25, 0.3) is 0 Å². The number of carboxylic acid groups (broad SMARTS) is 1. The fraction of sp³-hybridized carbons (Fsp3) is 0.533. The summed E-state index contributed by atoms with van der Waals surface area (Å²) in [6, 6.07) is 10.1. The van der Waals surface area contributed by atoms with Crippen LogP contribution in [0.2, 0.25) is 0 Å². The Kier molecular flexibility index (Phi) is 3.80. The maximum Gasteiger partial charge on any atom is 0.305 e. The van der Waals surface area contributed by atoms with Crippen molar-refractivity contribution in [3.05, 3.63) is 30.3 Å². The van der Waals surface area contributed by atoms with Crippen LogP contribution in [0.4, 0.5) is 5.69 Å². The highest BCUT2D eigenvalue weighted by molar-refractivity contribution is 5.69. The summed E-state index contributed by atoms with van der Waals surface area (Å²) in [5, 5.41) is 9.14. The van der Waals surface area contributed by atoms with Crippen LogP contribution in [0.1, 0.15) is 20.3 Å². The lowest BCUT2D eigenvalue weighted by molar-refractivity contribution is -0.137. The maximum atomic E-state index is 11.1. The van der Waals surface area contributed by atoms with Gasteiger partial charge in [-0.25, -0.2) is 0 Å². The molecule has 4 nitrogen and oxygen atoms in total. The molecule has 0 bridgehead atoms. The number of hydrogen-bond donors (Lipinski definition) is 1. The number of likely N-dealkylation sites (N-methyl/N-ethyl adjacent to an activating group) is 1. The van der Waals surface area contributed by atoms with Gasteiger partial charge in [0.05, 0.1) is 12.5 Å². The molecule has 1 saturated heterocycles. The molecule has 0 amide bonds. The molecule has 4 heteroatoms. The van der Waals surface area contributed by atoms with Crippen molar-refractivity contribution in [2.24, 2.45) is 0 Å². The van der Waals surface area contributed by atoms with Gasteiger partial charge < -0.3 is 14.9 Å². The number of anilines is 1. The molecule has 1 fully saturated rings. The summed E-state index contributed by atoms with van der Waals surface area (Å²) < 4.78 is 0. The van der Waals surface area contributed by atoms with Crippen molar-refractivity contribution in [2.45, 2.75) is 31.8 Å². The minimum absolute atomic E-state index is 0.00801. The molecule has 19 heavy (non-hydrogen) atoms. The lowest BCUT2D eigenvalue weighted by Crippen LogP contribution is -2.64. The first-order valence-corrected chi connectivity index (χ1v) is 6.65. The third-order valence-electron chi connectivity index (χ3n) is 3.64. The molecule has 1 aliphatic rings. The van der Waals surface area contributed by atoms with E-state index in [0.29, 0.717) is 0 Å². The Morgan fingerprint density at radius 1 is 1.37 bits per heavy atom. The van der Waals surface area contributed by atoms with Crippen LogP contribution in [-0.2, 0) is 4.79 Å². The van der Waals surface area contributed by atoms with Crippen LogP contribution in [0, 0.1) is 0 Å². The number of hydrogen-bond acceptors (Lipinski definition) is 3. The van der Waals surface area contributed by atoms with Crippen LogP contribution >= 0.6 is 0 Å². The van der Waals surface area contributed by atoms with Crippen molar-refractivity contribution in [3.63, 3.8) is 0 Å². The minimum atomic E-state index is -0.739. The van der Waals surface area contributed by atoms with E-state index in [4.69, 9.17) is 5.11 Å². The molecule has 0 saturated carbocycles. The van der Waals surface area contributed by atoms with E-state index in [-0.39, 0.29) is 18.0 Å². The molecule has 1 N–H and O–H groups in total. The molecule has 0 aliphatic carbocycles. The summed E-state index contributed by atoms with van der Waals surface area (Å²) in [7, 11) is 2.05. The Labute approximate surface area is 114 Å². The summed E-state index contributed by atoms with van der Waals surface area (Å²) in [6.45, 7) is 6.05. The number of carboxylic acids is 1. The molecule has 1 aromatic rings. The summed E-state index contributed by atoms with van der Waals surface area (Å²) in [5.41, 5.74) is 1.03. The van der Waals surface area contributed by atoms with Gasteiger partial charge >= 0.3 is 5.97 Å². The molecule has 104 valence electrons. The van der Waals surface area contributed by atoms with Crippen molar-refractivity contribution in [1.29, 1.82) is 0 Å². The van der Waals surface area contributed by atoms with E-state index in [0.717, 1.165) is 18.8 Å². The van der Waals surface area contributed by atoms with Gasteiger partial charge in [0, 0.05) is 24.3 Å². The van der Waals surface area contributed by atoms with Crippen molar-refractivity contribution in [2.75, 3.05) is 25.0 Å². The Balaban J connectivity index is 2.35. The zero-order chi connectivity index (χ0) is 14.0. The number of para-hydroxylation sites is 1. The van der Waals surface area contributed by atoms with E-state index < -0.39 is 5.97 Å². The molecule has 1 heterocycles. The Bertz CT molecular complexity index is 445. The van der Waals surface area contributed by atoms with Gasteiger partial charge in [-0.15, -0.1) is 0 Å². The predicted octanol–water partition coefficient (Wildman–Crippen LogP) is 2.06. The quantitative estimate of drug-likeness (QED) is 0.905. The summed E-state index contributed by atoms with van der Waals surface area (Å²) in [4.78, 5) is 15.6. The third kappa shape index (κ3) is 3.07. The first kappa shape index (κ1) is 13.9. The zero-order valence-electron chi connectivity index (χ0n) is 11.8. The molecular weight excluding hydrogens is 240 g/mol. The van der Waals surface area contributed by atoms with E-state index in [1.165, 1.54) is 0 Å². The number of benzene rings is 1. The van der Waals surface area contributed by atoms with Crippen LogP contribution in [-0.4, -0.2) is 47.7 Å². The van der Waals surface area contributed by atoms with Crippen LogP contribution in [0.3, 0.4) is 0 Å². The van der Waals surface area contributed by atoms with Gasteiger partial charge in [-0.1, -0.05) is 18.2 Å². The molecule has 1 aliphatic heterocycles. The zero-order valence-corrected chi connectivity index (χ0v) is 11.8. The second kappa shape index (κ2) is 5.21. The predicted molar refractivity (Wildman–Crippen MR) is 76.5 cm³/mol. The lowest BCUT2D eigenvalue weighted by Gasteiger charge is -2.52. The van der Waals surface area contributed by atoms with Crippen molar-refractivity contribution < 1.29 is 9.90 Å². The minimum Gasteiger partial charge on any atom is -0.481 e. The average Bonchev–Trinajstić information content (AvgIpc) is 2.26. The number of piperazine rings is 1. The molecule has 1 aromatic carbocycles. The van der Waals surface area contributed by atoms with Crippen LogP contribution in [0.5, 0.6) is 0 Å². The first-order valence-electron chi connectivity index (χ1n) is 6.65. The van der Waals surface area contributed by atoms with Crippen LogP contribution < -0.4 is 4.90 Å². The van der Waals surface area contributed by atoms with E-state index >= 15 is 0 Å². The van der Waals surface area contributed by atoms with Gasteiger partial charge in [-0.05, 0) is 33.0 Å². The van der Waals surface area contributed by atoms with Crippen molar-refractivity contribution in [1.82, 2.24) is 4.90 Å². The van der Waals surface area contributed by atoms with E-state index in [9.17, 15) is 4.79 Å². The van der Waals surface area contributed by atoms with Gasteiger partial charge in [0.2, 0.25) is 0 Å². The van der Waals surface area contributed by atoms with Gasteiger partial charge in [-0.2, -0.15) is 0 Å². The van der Waals surface area contributed by atoms with Gasteiger partial charge in [0.15, 0.2) is 0 Å². The second-order valence-corrected chi connectivity index (χ2v) is 5.97. The number of rotatable bonds is 3. The monoisotopic (exact) mass is 262 g/mol. The third-order valence-corrected chi connectivity index (χ3v) is 3.64. The molecule has 1 atom stereocenters. The van der Waals surface area contributed by atoms with Crippen LogP contribution in [0.15, 0.2) is 30.3 Å². The van der Waals surface area contributed by atoms with Gasteiger partial charge in [0.25, 0.3) is 0 Å². The standard InChI is InChI=1S/C15H22N2O2/c1-15(2)11-16(3)10-13(9-14(18)19)17(15)12-7-5-4-6-8-12/h4-8,13H,9-11H2,1-3H3,(H,18,19). The fourth-order valence-electron chi connectivity index (χ4n) is 3.24. The molecular formula is C15H22N2O2.